The summed E-state index contributed by atoms with van der Waals surface area (Å²) in [5, 5.41) is 0. The van der Waals surface area contributed by atoms with Crippen molar-refractivity contribution in [1.29, 1.82) is 0 Å². The van der Waals surface area contributed by atoms with Crippen LogP contribution >= 0.6 is 22.6 Å². The summed E-state index contributed by atoms with van der Waals surface area (Å²) in [5.41, 5.74) is 8.05. The number of halogens is 1. The predicted octanol–water partition coefficient (Wildman–Crippen LogP) is 2.81. The highest BCUT2D eigenvalue weighted by molar-refractivity contribution is 14.1. The lowest BCUT2D eigenvalue weighted by atomic mass is 10.0. The Morgan fingerprint density at radius 1 is 1.46 bits per heavy atom. The summed E-state index contributed by atoms with van der Waals surface area (Å²) in [7, 11) is 0. The largest absolute Gasteiger partial charge is 0.397 e. The van der Waals surface area contributed by atoms with Crippen LogP contribution in [0.3, 0.4) is 0 Å². The molecule has 3 heteroatoms. The van der Waals surface area contributed by atoms with E-state index in [-0.39, 0.29) is 0 Å². The van der Waals surface area contributed by atoms with Crippen LogP contribution in [-0.4, -0.2) is 6.29 Å². The summed E-state index contributed by atoms with van der Waals surface area (Å²) in [5.74, 6) is 0.424. The molecule has 0 aliphatic heterocycles. The molecule has 1 rings (SSSR count). The van der Waals surface area contributed by atoms with Gasteiger partial charge in [0, 0.05) is 9.13 Å². The number of anilines is 1. The SMILES string of the molecule is CC(C)c1cc(I)c(N)c(C=O)c1. The van der Waals surface area contributed by atoms with E-state index in [1.54, 1.807) is 0 Å². The fraction of sp³-hybridized carbons (Fsp3) is 0.300. The Labute approximate surface area is 91.7 Å². The van der Waals surface area contributed by atoms with Gasteiger partial charge in [0.25, 0.3) is 0 Å². The molecule has 0 aliphatic carbocycles. The Bertz CT molecular complexity index is 334. The van der Waals surface area contributed by atoms with E-state index in [0.29, 0.717) is 17.2 Å². The predicted molar refractivity (Wildman–Crippen MR) is 63.0 cm³/mol. The number of carbonyl (C=O) groups excluding carboxylic acids is 1. The van der Waals surface area contributed by atoms with Crippen molar-refractivity contribution >= 4 is 34.6 Å². The molecular formula is C10H12INO. The highest BCUT2D eigenvalue weighted by atomic mass is 127. The molecule has 0 spiro atoms. The third-order valence-electron chi connectivity index (χ3n) is 1.98. The van der Waals surface area contributed by atoms with Crippen LogP contribution in [0.15, 0.2) is 12.1 Å². The molecule has 1 aromatic carbocycles. The smallest absolute Gasteiger partial charge is 0.152 e. The molecular weight excluding hydrogens is 277 g/mol. The number of benzene rings is 1. The Hall–Kier alpha value is -0.580. The maximum absolute atomic E-state index is 10.7. The molecule has 0 saturated heterocycles. The minimum Gasteiger partial charge on any atom is -0.397 e. The molecule has 2 nitrogen and oxygen atoms in total. The molecule has 0 aromatic heterocycles. The number of nitrogens with two attached hydrogens (primary N) is 1. The molecule has 0 radical (unpaired) electrons. The van der Waals surface area contributed by atoms with Gasteiger partial charge in [0.1, 0.15) is 0 Å². The second-order valence-electron chi connectivity index (χ2n) is 3.28. The topological polar surface area (TPSA) is 43.1 Å². The van der Waals surface area contributed by atoms with Crippen molar-refractivity contribution in [2.75, 3.05) is 5.73 Å². The monoisotopic (exact) mass is 289 g/mol. The minimum absolute atomic E-state index is 0.424. The van der Waals surface area contributed by atoms with Crippen LogP contribution in [0, 0.1) is 3.57 Å². The Morgan fingerprint density at radius 2 is 2.08 bits per heavy atom. The van der Waals surface area contributed by atoms with Crippen molar-refractivity contribution in [2.45, 2.75) is 19.8 Å². The molecule has 13 heavy (non-hydrogen) atoms. The number of nitrogen functional groups attached to an aromatic ring is 1. The van der Waals surface area contributed by atoms with Gasteiger partial charge in [-0.2, -0.15) is 0 Å². The molecule has 0 heterocycles. The second-order valence-corrected chi connectivity index (χ2v) is 4.44. The van der Waals surface area contributed by atoms with E-state index in [9.17, 15) is 4.79 Å². The zero-order valence-corrected chi connectivity index (χ0v) is 9.83. The van der Waals surface area contributed by atoms with Crippen molar-refractivity contribution in [2.24, 2.45) is 0 Å². The molecule has 0 fully saturated rings. The highest BCUT2D eigenvalue weighted by Gasteiger charge is 2.07. The standard InChI is InChI=1S/C10H12INO/c1-6(2)7-3-8(5-13)10(12)9(11)4-7/h3-6H,12H2,1-2H3. The lowest BCUT2D eigenvalue weighted by Crippen LogP contribution is -1.99. The fourth-order valence-electron chi connectivity index (χ4n) is 1.09. The normalized spacial score (nSPS) is 10.5. The first-order valence-corrected chi connectivity index (χ1v) is 5.18. The van der Waals surface area contributed by atoms with E-state index in [0.717, 1.165) is 15.4 Å². The van der Waals surface area contributed by atoms with Crippen LogP contribution in [-0.2, 0) is 0 Å². The molecule has 0 bridgehead atoms. The number of aldehydes is 1. The molecule has 1 aromatic rings. The van der Waals surface area contributed by atoms with Crippen molar-refractivity contribution < 1.29 is 4.79 Å². The van der Waals surface area contributed by atoms with E-state index >= 15 is 0 Å². The number of hydrogen-bond acceptors (Lipinski definition) is 2. The van der Waals surface area contributed by atoms with E-state index in [2.05, 4.69) is 36.4 Å². The van der Waals surface area contributed by atoms with Crippen LogP contribution in [0.4, 0.5) is 5.69 Å². The average molecular weight is 289 g/mol. The van der Waals surface area contributed by atoms with Gasteiger partial charge in [-0.05, 0) is 46.2 Å². The zero-order chi connectivity index (χ0) is 10.0. The van der Waals surface area contributed by atoms with E-state index in [4.69, 9.17) is 5.73 Å². The van der Waals surface area contributed by atoms with Crippen molar-refractivity contribution in [3.05, 3.63) is 26.8 Å². The Balaban J connectivity index is 3.30. The number of rotatable bonds is 2. The average Bonchev–Trinajstić information content (AvgIpc) is 2.09. The van der Waals surface area contributed by atoms with Gasteiger partial charge in [0.2, 0.25) is 0 Å². The number of carbonyl (C=O) groups is 1. The summed E-state index contributed by atoms with van der Waals surface area (Å²) < 4.78 is 0.950. The second kappa shape index (κ2) is 4.09. The van der Waals surface area contributed by atoms with Gasteiger partial charge in [0.15, 0.2) is 6.29 Å². The molecule has 0 saturated carbocycles. The molecule has 0 aliphatic rings. The molecule has 0 unspecified atom stereocenters. The van der Waals surface area contributed by atoms with Gasteiger partial charge in [0.05, 0.1) is 5.69 Å². The van der Waals surface area contributed by atoms with E-state index < -0.39 is 0 Å². The van der Waals surface area contributed by atoms with Gasteiger partial charge in [-0.15, -0.1) is 0 Å². The van der Waals surface area contributed by atoms with Gasteiger partial charge in [-0.1, -0.05) is 13.8 Å². The first kappa shape index (κ1) is 10.5. The third kappa shape index (κ3) is 2.21. The van der Waals surface area contributed by atoms with Crippen molar-refractivity contribution in [3.8, 4) is 0 Å². The molecule has 2 N–H and O–H groups in total. The molecule has 0 amide bonds. The summed E-state index contributed by atoms with van der Waals surface area (Å²) in [6.07, 6.45) is 0.809. The lowest BCUT2D eigenvalue weighted by molar-refractivity contribution is 0.112. The maximum atomic E-state index is 10.7. The number of hydrogen-bond donors (Lipinski definition) is 1. The third-order valence-corrected chi connectivity index (χ3v) is 2.87. The van der Waals surface area contributed by atoms with Crippen LogP contribution in [0.5, 0.6) is 0 Å². The van der Waals surface area contributed by atoms with Gasteiger partial charge < -0.3 is 5.73 Å². The fourth-order valence-corrected chi connectivity index (χ4v) is 1.76. The minimum atomic E-state index is 0.424. The van der Waals surface area contributed by atoms with E-state index in [1.165, 1.54) is 0 Å². The van der Waals surface area contributed by atoms with Crippen molar-refractivity contribution in [3.63, 3.8) is 0 Å². The summed E-state index contributed by atoms with van der Waals surface area (Å²) in [6.45, 7) is 4.19. The quantitative estimate of drug-likeness (QED) is 0.517. The van der Waals surface area contributed by atoms with Crippen LogP contribution in [0.1, 0.15) is 35.7 Å². The van der Waals surface area contributed by atoms with Gasteiger partial charge in [-0.3, -0.25) is 4.79 Å². The summed E-state index contributed by atoms with van der Waals surface area (Å²) in [6, 6.07) is 3.88. The van der Waals surface area contributed by atoms with Gasteiger partial charge in [-0.25, -0.2) is 0 Å². The van der Waals surface area contributed by atoms with Crippen LogP contribution in [0.25, 0.3) is 0 Å². The Kier molecular flexibility index (Phi) is 3.30. The highest BCUT2D eigenvalue weighted by Crippen LogP contribution is 2.24. The van der Waals surface area contributed by atoms with Crippen LogP contribution < -0.4 is 5.73 Å². The van der Waals surface area contributed by atoms with Crippen molar-refractivity contribution in [1.82, 2.24) is 0 Å². The van der Waals surface area contributed by atoms with E-state index in [1.807, 2.05) is 12.1 Å². The summed E-state index contributed by atoms with van der Waals surface area (Å²) in [4.78, 5) is 10.7. The van der Waals surface area contributed by atoms with Gasteiger partial charge >= 0.3 is 0 Å². The summed E-state index contributed by atoms with van der Waals surface area (Å²) >= 11 is 2.15. The first-order valence-electron chi connectivity index (χ1n) is 4.10. The lowest BCUT2D eigenvalue weighted by Gasteiger charge is -2.09. The zero-order valence-electron chi connectivity index (χ0n) is 7.67. The maximum Gasteiger partial charge on any atom is 0.152 e. The molecule has 70 valence electrons. The Morgan fingerprint density at radius 3 is 2.54 bits per heavy atom. The van der Waals surface area contributed by atoms with Crippen LogP contribution in [0.2, 0.25) is 0 Å². The first-order chi connectivity index (χ1) is 6.06. The molecule has 0 atom stereocenters.